The number of piperazine rings is 1. The number of rotatable bonds is 6. The number of fused-ring (bicyclic) bond motifs is 2. The Bertz CT molecular complexity index is 931. The number of carbonyl (C=O) groups excluding carboxylic acids is 1. The zero-order valence-electron chi connectivity index (χ0n) is 19.4. The Hall–Kier alpha value is -2.18. The van der Waals surface area contributed by atoms with Crippen molar-refractivity contribution in [3.63, 3.8) is 0 Å². The molecule has 2 unspecified atom stereocenters. The number of hydrogen-bond donors (Lipinski definition) is 0. The number of ether oxygens (including phenoxy) is 2. The van der Waals surface area contributed by atoms with E-state index in [1.54, 1.807) is 0 Å². The Morgan fingerprint density at radius 3 is 2.56 bits per heavy atom. The smallest absolute Gasteiger partial charge is 0.231 e. The molecule has 2 atom stereocenters. The third-order valence-corrected chi connectivity index (χ3v) is 7.54. The molecule has 0 radical (unpaired) electrons. The molecule has 32 heavy (non-hydrogen) atoms. The van der Waals surface area contributed by atoms with E-state index in [1.807, 2.05) is 30.8 Å². The summed E-state index contributed by atoms with van der Waals surface area (Å²) >= 11 is 1.86. The van der Waals surface area contributed by atoms with E-state index in [2.05, 4.69) is 48.4 Å². The number of Topliss-reactive ketones (excluding diaryl/α,β-unsaturated/α-hetero) is 1. The number of hydrogen-bond acceptors (Lipinski definition) is 6. The number of allylic oxidation sites excluding steroid dienone is 4. The minimum Gasteiger partial charge on any atom is -0.454 e. The lowest BCUT2D eigenvalue weighted by atomic mass is 10.1. The summed E-state index contributed by atoms with van der Waals surface area (Å²) in [5.74, 6) is 2.42. The van der Waals surface area contributed by atoms with Crippen molar-refractivity contribution in [3.05, 3.63) is 58.7 Å². The number of nitrogens with zero attached hydrogens (tertiary/aromatic N) is 2. The second-order valence-electron chi connectivity index (χ2n) is 8.72. The molecule has 1 saturated carbocycles. The molecule has 1 saturated heterocycles. The first kappa shape index (κ1) is 23.0. The van der Waals surface area contributed by atoms with Crippen molar-refractivity contribution in [1.29, 1.82) is 0 Å². The second kappa shape index (κ2) is 10.2. The fourth-order valence-corrected chi connectivity index (χ4v) is 5.70. The van der Waals surface area contributed by atoms with Gasteiger partial charge < -0.3 is 14.4 Å². The van der Waals surface area contributed by atoms with E-state index in [4.69, 9.17) is 9.47 Å². The van der Waals surface area contributed by atoms with Gasteiger partial charge >= 0.3 is 0 Å². The van der Waals surface area contributed by atoms with Gasteiger partial charge in [0.15, 0.2) is 11.5 Å². The monoisotopic (exact) mass is 454 g/mol. The number of thioether (sulfide) groups is 1. The van der Waals surface area contributed by atoms with Gasteiger partial charge in [0.1, 0.15) is 0 Å². The SMILES string of the molecule is C=C(C(=O)/C(=C\C)C1=CC2CC2S1)N1CCN(Cc2ccc3c(c2)OCO3)CC1.CCC. The van der Waals surface area contributed by atoms with Crippen molar-refractivity contribution in [2.45, 2.75) is 45.4 Å². The highest BCUT2D eigenvalue weighted by Crippen LogP contribution is 2.54. The number of benzene rings is 1. The second-order valence-corrected chi connectivity index (χ2v) is 10.0. The summed E-state index contributed by atoms with van der Waals surface area (Å²) in [7, 11) is 0. The van der Waals surface area contributed by atoms with E-state index >= 15 is 0 Å². The fraction of sp³-hybridized carbons (Fsp3) is 0.500. The summed E-state index contributed by atoms with van der Waals surface area (Å²) in [5.41, 5.74) is 2.68. The molecule has 1 aromatic rings. The Balaban J connectivity index is 0.000000775. The molecule has 1 aromatic carbocycles. The van der Waals surface area contributed by atoms with Gasteiger partial charge in [0.25, 0.3) is 0 Å². The van der Waals surface area contributed by atoms with Gasteiger partial charge in [0.05, 0.1) is 5.70 Å². The first-order valence-electron chi connectivity index (χ1n) is 11.7. The minimum absolute atomic E-state index is 0.0803. The molecule has 5 rings (SSSR count). The van der Waals surface area contributed by atoms with E-state index in [9.17, 15) is 4.79 Å². The van der Waals surface area contributed by atoms with Crippen LogP contribution in [0.2, 0.25) is 0 Å². The molecular formula is C26H34N2O3S. The van der Waals surface area contributed by atoms with Gasteiger partial charge in [-0.25, -0.2) is 0 Å². The van der Waals surface area contributed by atoms with Crippen LogP contribution < -0.4 is 9.47 Å². The van der Waals surface area contributed by atoms with Gasteiger partial charge in [0, 0.05) is 48.5 Å². The quantitative estimate of drug-likeness (QED) is 0.564. The Labute approximate surface area is 196 Å². The first-order valence-corrected chi connectivity index (χ1v) is 12.6. The van der Waals surface area contributed by atoms with Crippen LogP contribution in [0.3, 0.4) is 0 Å². The molecule has 0 bridgehead atoms. The van der Waals surface area contributed by atoms with Gasteiger partial charge in [-0.05, 0) is 37.0 Å². The Morgan fingerprint density at radius 2 is 1.91 bits per heavy atom. The van der Waals surface area contributed by atoms with Gasteiger partial charge in [-0.3, -0.25) is 9.69 Å². The van der Waals surface area contributed by atoms with Crippen LogP contribution in [0.25, 0.3) is 0 Å². The lowest BCUT2D eigenvalue weighted by molar-refractivity contribution is -0.113. The van der Waals surface area contributed by atoms with E-state index < -0.39 is 0 Å². The van der Waals surface area contributed by atoms with Crippen LogP contribution in [0.15, 0.2) is 53.1 Å². The van der Waals surface area contributed by atoms with Crippen LogP contribution in [0.5, 0.6) is 11.5 Å². The van der Waals surface area contributed by atoms with Crippen molar-refractivity contribution in [2.75, 3.05) is 33.0 Å². The van der Waals surface area contributed by atoms with Gasteiger partial charge in [0.2, 0.25) is 12.6 Å². The minimum atomic E-state index is 0.0803. The van der Waals surface area contributed by atoms with Gasteiger partial charge in [-0.1, -0.05) is 45.1 Å². The lowest BCUT2D eigenvalue weighted by Gasteiger charge is -2.36. The predicted molar refractivity (Wildman–Crippen MR) is 131 cm³/mol. The average molecular weight is 455 g/mol. The van der Waals surface area contributed by atoms with Crippen molar-refractivity contribution in [1.82, 2.24) is 9.80 Å². The van der Waals surface area contributed by atoms with Crippen LogP contribution in [0, 0.1) is 5.92 Å². The molecule has 172 valence electrons. The fourth-order valence-electron chi connectivity index (χ4n) is 4.21. The predicted octanol–water partition coefficient (Wildman–Crippen LogP) is 5.00. The summed E-state index contributed by atoms with van der Waals surface area (Å²) in [6.07, 6.45) is 6.75. The molecule has 2 fully saturated rings. The maximum Gasteiger partial charge on any atom is 0.231 e. The highest BCUT2D eigenvalue weighted by molar-refractivity contribution is 8.04. The standard InChI is InChI=1S/C23H26N2O3S.C3H8/c1-3-18(22-12-17-11-21(17)29-22)23(26)15(2)25-8-6-24(7-9-25)13-16-4-5-19-20(10-16)28-14-27-19;1-3-2/h3-5,10,12,17,21H,2,6-9,11,13-14H2,1H3;3H2,1-2H3/b18-3-;. The van der Waals surface area contributed by atoms with Gasteiger partial charge in [-0.2, -0.15) is 0 Å². The largest absolute Gasteiger partial charge is 0.454 e. The maximum atomic E-state index is 13.1. The van der Waals surface area contributed by atoms with Crippen LogP contribution in [-0.4, -0.2) is 53.8 Å². The van der Waals surface area contributed by atoms with Gasteiger partial charge in [-0.15, -0.1) is 11.8 Å². The molecule has 6 heteroatoms. The molecule has 4 aliphatic rings. The Kier molecular flexibility index (Phi) is 7.31. The molecule has 3 aliphatic heterocycles. The summed E-state index contributed by atoms with van der Waals surface area (Å²) in [6.45, 7) is 15.0. The van der Waals surface area contributed by atoms with Crippen molar-refractivity contribution in [3.8, 4) is 11.5 Å². The Morgan fingerprint density at radius 1 is 1.19 bits per heavy atom. The summed E-state index contributed by atoms with van der Waals surface area (Å²) < 4.78 is 10.9. The molecular weight excluding hydrogens is 420 g/mol. The van der Waals surface area contributed by atoms with Crippen LogP contribution in [0.1, 0.15) is 39.2 Å². The maximum absolute atomic E-state index is 13.1. The highest BCUT2D eigenvalue weighted by Gasteiger charge is 2.43. The molecule has 0 amide bonds. The van der Waals surface area contributed by atoms with Crippen molar-refractivity contribution >= 4 is 17.5 Å². The third-order valence-electron chi connectivity index (χ3n) is 6.08. The lowest BCUT2D eigenvalue weighted by Crippen LogP contribution is -2.46. The van der Waals surface area contributed by atoms with Crippen LogP contribution >= 0.6 is 11.8 Å². The zero-order chi connectivity index (χ0) is 22.7. The van der Waals surface area contributed by atoms with E-state index in [0.29, 0.717) is 23.7 Å². The molecule has 0 aromatic heterocycles. The number of carbonyl (C=O) groups is 1. The molecule has 1 aliphatic carbocycles. The normalized spacial score (nSPS) is 23.8. The van der Waals surface area contributed by atoms with Crippen LogP contribution in [-0.2, 0) is 11.3 Å². The molecule has 0 spiro atoms. The third kappa shape index (κ3) is 5.07. The summed E-state index contributed by atoms with van der Waals surface area (Å²) in [6, 6.07) is 6.14. The highest BCUT2D eigenvalue weighted by atomic mass is 32.2. The van der Waals surface area contributed by atoms with E-state index in [-0.39, 0.29) is 5.78 Å². The van der Waals surface area contributed by atoms with Crippen LogP contribution in [0.4, 0.5) is 0 Å². The van der Waals surface area contributed by atoms with E-state index in [0.717, 1.165) is 54.7 Å². The summed E-state index contributed by atoms with van der Waals surface area (Å²) in [4.78, 5) is 18.8. The van der Waals surface area contributed by atoms with Crippen molar-refractivity contribution in [2.24, 2.45) is 5.92 Å². The van der Waals surface area contributed by atoms with Crippen molar-refractivity contribution < 1.29 is 14.3 Å². The number of ketones is 1. The average Bonchev–Trinajstić information content (AvgIpc) is 3.18. The van der Waals surface area contributed by atoms with E-state index in [1.165, 1.54) is 18.4 Å². The topological polar surface area (TPSA) is 42.0 Å². The summed E-state index contributed by atoms with van der Waals surface area (Å²) in [5, 5.41) is 0.709. The molecule has 5 nitrogen and oxygen atoms in total. The first-order chi connectivity index (χ1) is 15.5. The molecule has 0 N–H and O–H groups in total. The molecule has 3 heterocycles. The zero-order valence-corrected chi connectivity index (χ0v) is 20.2.